The lowest BCUT2D eigenvalue weighted by molar-refractivity contribution is -0.918. The van der Waals surface area contributed by atoms with Gasteiger partial charge in [0.25, 0.3) is 5.91 Å². The molecule has 0 aliphatic carbocycles. The standard InChI is InChI=1S/C25H26N2O/c28-25(23-13-11-22(12-14-23)21-7-3-1-4-8-21)26-24-15-9-20(10-16-24)19-27-17-5-2-6-18-27/h1,3-4,7-16H,2,5-6,17-19H2,(H,26,28)/p+1. The van der Waals surface area contributed by atoms with Crippen LogP contribution in [0.25, 0.3) is 11.1 Å². The highest BCUT2D eigenvalue weighted by atomic mass is 16.1. The van der Waals surface area contributed by atoms with Gasteiger partial charge in [-0.05, 0) is 54.7 Å². The van der Waals surface area contributed by atoms with Crippen molar-refractivity contribution in [3.8, 4) is 11.1 Å². The molecule has 1 amide bonds. The van der Waals surface area contributed by atoms with Crippen molar-refractivity contribution in [2.24, 2.45) is 0 Å². The van der Waals surface area contributed by atoms with Crippen molar-refractivity contribution in [1.29, 1.82) is 0 Å². The number of benzene rings is 3. The second-order valence-electron chi connectivity index (χ2n) is 7.58. The maximum Gasteiger partial charge on any atom is 0.255 e. The lowest BCUT2D eigenvalue weighted by atomic mass is 10.0. The van der Waals surface area contributed by atoms with Crippen LogP contribution in [0.15, 0.2) is 78.9 Å². The van der Waals surface area contributed by atoms with E-state index in [9.17, 15) is 4.79 Å². The number of hydrogen-bond acceptors (Lipinski definition) is 1. The topological polar surface area (TPSA) is 33.5 Å². The van der Waals surface area contributed by atoms with Gasteiger partial charge in [-0.25, -0.2) is 0 Å². The molecule has 3 aromatic rings. The first-order chi connectivity index (χ1) is 13.8. The molecule has 28 heavy (non-hydrogen) atoms. The Morgan fingerprint density at radius 2 is 1.39 bits per heavy atom. The van der Waals surface area contributed by atoms with Crippen LogP contribution in [-0.4, -0.2) is 19.0 Å². The zero-order valence-electron chi connectivity index (χ0n) is 16.2. The van der Waals surface area contributed by atoms with Crippen molar-refractivity contribution >= 4 is 11.6 Å². The summed E-state index contributed by atoms with van der Waals surface area (Å²) in [5, 5.41) is 3.00. The molecule has 0 aromatic heterocycles. The van der Waals surface area contributed by atoms with Crippen LogP contribution in [-0.2, 0) is 6.54 Å². The quantitative estimate of drug-likeness (QED) is 0.693. The van der Waals surface area contributed by atoms with E-state index in [0.717, 1.165) is 23.4 Å². The van der Waals surface area contributed by atoms with E-state index in [2.05, 4.69) is 29.6 Å². The van der Waals surface area contributed by atoms with Crippen molar-refractivity contribution in [3.63, 3.8) is 0 Å². The molecule has 0 radical (unpaired) electrons. The highest BCUT2D eigenvalue weighted by Gasteiger charge is 2.14. The second kappa shape index (κ2) is 8.85. The van der Waals surface area contributed by atoms with Crippen LogP contribution in [0.1, 0.15) is 35.2 Å². The number of quaternary nitrogens is 1. The average molecular weight is 372 g/mol. The van der Waals surface area contributed by atoms with Gasteiger partial charge in [0.1, 0.15) is 6.54 Å². The SMILES string of the molecule is O=C(Nc1ccc(C[NH+]2CCCCC2)cc1)c1ccc(-c2ccccc2)cc1. The number of hydrogen-bond donors (Lipinski definition) is 2. The first kappa shape index (κ1) is 18.5. The summed E-state index contributed by atoms with van der Waals surface area (Å²) in [5.74, 6) is -0.0750. The molecular weight excluding hydrogens is 344 g/mol. The van der Waals surface area contributed by atoms with E-state index >= 15 is 0 Å². The molecule has 0 atom stereocenters. The van der Waals surface area contributed by atoms with E-state index < -0.39 is 0 Å². The summed E-state index contributed by atoms with van der Waals surface area (Å²) in [6, 6.07) is 26.2. The van der Waals surface area contributed by atoms with Crippen LogP contribution >= 0.6 is 0 Å². The minimum atomic E-state index is -0.0750. The van der Waals surface area contributed by atoms with E-state index in [1.165, 1.54) is 37.9 Å². The Morgan fingerprint density at radius 3 is 2.07 bits per heavy atom. The van der Waals surface area contributed by atoms with Crippen LogP contribution in [0.2, 0.25) is 0 Å². The van der Waals surface area contributed by atoms with E-state index in [-0.39, 0.29) is 5.91 Å². The fraction of sp³-hybridized carbons (Fsp3) is 0.240. The van der Waals surface area contributed by atoms with Gasteiger partial charge in [0, 0.05) is 16.8 Å². The third-order valence-electron chi connectivity index (χ3n) is 5.48. The van der Waals surface area contributed by atoms with Crippen LogP contribution in [0.4, 0.5) is 5.69 Å². The number of rotatable bonds is 5. The van der Waals surface area contributed by atoms with Gasteiger partial charge in [-0.15, -0.1) is 0 Å². The van der Waals surface area contributed by atoms with Crippen LogP contribution in [0, 0.1) is 0 Å². The van der Waals surface area contributed by atoms with E-state index in [1.54, 1.807) is 4.90 Å². The van der Waals surface area contributed by atoms with Crippen LogP contribution in [0.5, 0.6) is 0 Å². The minimum Gasteiger partial charge on any atom is -0.331 e. The van der Waals surface area contributed by atoms with Crippen molar-refractivity contribution < 1.29 is 9.69 Å². The molecule has 3 aromatic carbocycles. The summed E-state index contributed by atoms with van der Waals surface area (Å²) in [5.41, 5.74) is 5.11. The monoisotopic (exact) mass is 371 g/mol. The molecule has 0 bridgehead atoms. The van der Waals surface area contributed by atoms with Gasteiger partial charge in [0.2, 0.25) is 0 Å². The number of nitrogens with one attached hydrogen (secondary N) is 2. The molecule has 0 unspecified atom stereocenters. The van der Waals surface area contributed by atoms with Crippen molar-refractivity contribution in [3.05, 3.63) is 90.0 Å². The highest BCUT2D eigenvalue weighted by molar-refractivity contribution is 6.04. The van der Waals surface area contributed by atoms with Gasteiger partial charge in [0.15, 0.2) is 0 Å². The van der Waals surface area contributed by atoms with Gasteiger partial charge in [-0.2, -0.15) is 0 Å². The molecule has 1 aliphatic rings. The van der Waals surface area contributed by atoms with Gasteiger partial charge in [-0.1, -0.05) is 54.6 Å². The van der Waals surface area contributed by atoms with Gasteiger partial charge in [-0.3, -0.25) is 4.79 Å². The molecule has 3 nitrogen and oxygen atoms in total. The Balaban J connectivity index is 1.36. The number of likely N-dealkylation sites (tertiary alicyclic amines) is 1. The smallest absolute Gasteiger partial charge is 0.255 e. The van der Waals surface area contributed by atoms with Crippen LogP contribution in [0.3, 0.4) is 0 Å². The molecule has 4 rings (SSSR count). The number of piperidine rings is 1. The zero-order chi connectivity index (χ0) is 19.2. The Labute approximate surface area is 167 Å². The molecule has 3 heteroatoms. The van der Waals surface area contributed by atoms with E-state index in [4.69, 9.17) is 0 Å². The summed E-state index contributed by atoms with van der Waals surface area (Å²) in [4.78, 5) is 14.2. The summed E-state index contributed by atoms with van der Waals surface area (Å²) in [6.07, 6.45) is 4.06. The van der Waals surface area contributed by atoms with E-state index in [1.807, 2.05) is 54.6 Å². The normalized spacial score (nSPS) is 14.6. The lowest BCUT2D eigenvalue weighted by Gasteiger charge is -2.23. The maximum absolute atomic E-state index is 12.5. The first-order valence-electron chi connectivity index (χ1n) is 10.2. The number of amides is 1. The van der Waals surface area contributed by atoms with Crippen molar-refractivity contribution in [2.75, 3.05) is 18.4 Å². The number of carbonyl (C=O) groups excluding carboxylic acids is 1. The second-order valence-corrected chi connectivity index (χ2v) is 7.58. The fourth-order valence-corrected chi connectivity index (χ4v) is 3.87. The Bertz CT molecular complexity index is 896. The van der Waals surface area contributed by atoms with Gasteiger partial charge in [0.05, 0.1) is 13.1 Å². The zero-order valence-corrected chi connectivity index (χ0v) is 16.2. The lowest BCUT2D eigenvalue weighted by Crippen LogP contribution is -3.11. The fourth-order valence-electron chi connectivity index (χ4n) is 3.87. The Hall–Kier alpha value is -2.91. The highest BCUT2D eigenvalue weighted by Crippen LogP contribution is 2.20. The summed E-state index contributed by atoms with van der Waals surface area (Å²) < 4.78 is 0. The van der Waals surface area contributed by atoms with Gasteiger partial charge < -0.3 is 10.2 Å². The van der Waals surface area contributed by atoms with Crippen molar-refractivity contribution in [2.45, 2.75) is 25.8 Å². The molecule has 142 valence electrons. The number of anilines is 1. The predicted molar refractivity (Wildman–Crippen MR) is 115 cm³/mol. The molecular formula is C25H27N2O+. The third kappa shape index (κ3) is 4.68. The van der Waals surface area contributed by atoms with Crippen LogP contribution < -0.4 is 10.2 Å². The molecule has 1 saturated heterocycles. The summed E-state index contributed by atoms with van der Waals surface area (Å²) in [6.45, 7) is 3.63. The largest absolute Gasteiger partial charge is 0.331 e. The first-order valence-corrected chi connectivity index (χ1v) is 10.2. The number of carbonyl (C=O) groups is 1. The molecule has 0 spiro atoms. The van der Waals surface area contributed by atoms with Crippen molar-refractivity contribution in [1.82, 2.24) is 0 Å². The average Bonchev–Trinajstić information content (AvgIpc) is 2.76. The van der Waals surface area contributed by atoms with E-state index in [0.29, 0.717) is 5.56 Å². The molecule has 1 aliphatic heterocycles. The molecule has 2 N–H and O–H groups in total. The molecule has 0 saturated carbocycles. The Morgan fingerprint density at radius 1 is 0.750 bits per heavy atom. The minimum absolute atomic E-state index is 0.0750. The summed E-state index contributed by atoms with van der Waals surface area (Å²) in [7, 11) is 0. The third-order valence-corrected chi connectivity index (χ3v) is 5.48. The molecule has 1 heterocycles. The predicted octanol–water partition coefficient (Wildman–Crippen LogP) is 4.17. The van der Waals surface area contributed by atoms with Gasteiger partial charge >= 0.3 is 0 Å². The Kier molecular flexibility index (Phi) is 5.83. The maximum atomic E-state index is 12.5. The molecule has 1 fully saturated rings. The summed E-state index contributed by atoms with van der Waals surface area (Å²) >= 11 is 0.